The summed E-state index contributed by atoms with van der Waals surface area (Å²) in [6.45, 7) is 5.02. The van der Waals surface area contributed by atoms with Crippen molar-refractivity contribution in [3.05, 3.63) is 42.0 Å². The molecule has 0 aromatic carbocycles. The van der Waals surface area contributed by atoms with Crippen LogP contribution in [0.1, 0.15) is 37.3 Å². The average molecular weight is 402 g/mol. The number of methoxy groups -OCH3 is 2. The molecule has 158 valence electrons. The van der Waals surface area contributed by atoms with Gasteiger partial charge in [0.1, 0.15) is 11.9 Å². The number of allylic oxidation sites excluding steroid dienone is 3. The number of aryl methyl sites for hydroxylation is 1. The fourth-order valence-electron chi connectivity index (χ4n) is 4.19. The molecule has 1 aliphatic carbocycles. The Morgan fingerprint density at radius 2 is 2.21 bits per heavy atom. The molecule has 1 aromatic rings. The number of hydrogen-bond donors (Lipinski definition) is 2. The number of carbonyl (C=O) groups is 2. The van der Waals surface area contributed by atoms with Gasteiger partial charge in [-0.15, -0.1) is 0 Å². The van der Waals surface area contributed by atoms with Crippen LogP contribution in [0.4, 0.5) is 4.79 Å². The van der Waals surface area contributed by atoms with E-state index in [2.05, 4.69) is 15.3 Å². The van der Waals surface area contributed by atoms with E-state index < -0.39 is 17.6 Å². The zero-order chi connectivity index (χ0) is 21.0. The number of carbonyl (C=O) groups excluding carboxylic acids is 2. The number of nitrogens with zero attached hydrogens (tertiary/aromatic N) is 2. The van der Waals surface area contributed by atoms with Gasteiger partial charge in [-0.05, 0) is 19.8 Å². The summed E-state index contributed by atoms with van der Waals surface area (Å²) in [5.41, 5.74) is 0.391. The molecule has 2 amide bonds. The third-order valence-corrected chi connectivity index (χ3v) is 5.75. The average Bonchev–Trinajstić information content (AvgIpc) is 3.32. The summed E-state index contributed by atoms with van der Waals surface area (Å²) in [4.78, 5) is 35.4. The first-order valence-electron chi connectivity index (χ1n) is 9.87. The van der Waals surface area contributed by atoms with E-state index in [0.29, 0.717) is 19.6 Å². The summed E-state index contributed by atoms with van der Waals surface area (Å²) in [5.74, 6) is 0.818. The van der Waals surface area contributed by atoms with Crippen LogP contribution in [0.2, 0.25) is 0 Å². The number of hydrogen-bond acceptors (Lipinski definition) is 5. The van der Waals surface area contributed by atoms with E-state index in [0.717, 1.165) is 17.9 Å². The lowest BCUT2D eigenvalue weighted by Gasteiger charge is -2.38. The lowest BCUT2D eigenvalue weighted by Crippen LogP contribution is -2.56. The number of alkyl carbamates (subject to hydrolysis) is 1. The van der Waals surface area contributed by atoms with Gasteiger partial charge in [-0.25, -0.2) is 9.78 Å². The summed E-state index contributed by atoms with van der Waals surface area (Å²) in [6, 6.07) is -0.944. The monoisotopic (exact) mass is 402 g/mol. The van der Waals surface area contributed by atoms with E-state index >= 15 is 0 Å². The Bertz CT molecular complexity index is 802. The molecule has 2 heterocycles. The highest BCUT2D eigenvalue weighted by Gasteiger charge is 2.46. The fraction of sp³-hybridized carbons (Fsp3) is 0.571. The summed E-state index contributed by atoms with van der Waals surface area (Å²) in [6.07, 6.45) is 10.4. The number of likely N-dealkylation sites (tertiary alicyclic amines) is 1. The number of aromatic amines is 1. The fourth-order valence-corrected chi connectivity index (χ4v) is 4.19. The van der Waals surface area contributed by atoms with Crippen LogP contribution in [-0.2, 0) is 14.3 Å². The van der Waals surface area contributed by atoms with E-state index in [1.54, 1.807) is 13.3 Å². The zero-order valence-electron chi connectivity index (χ0n) is 17.5. The van der Waals surface area contributed by atoms with Crippen molar-refractivity contribution in [2.24, 2.45) is 11.3 Å². The minimum atomic E-state index is -0.754. The van der Waals surface area contributed by atoms with Gasteiger partial charge < -0.3 is 24.7 Å². The molecule has 0 saturated carbocycles. The van der Waals surface area contributed by atoms with Crippen LogP contribution in [0, 0.1) is 18.3 Å². The first-order valence-corrected chi connectivity index (χ1v) is 9.87. The molecule has 0 radical (unpaired) electrons. The van der Waals surface area contributed by atoms with Crippen molar-refractivity contribution in [2.45, 2.75) is 38.8 Å². The molecular formula is C21H30N4O4. The van der Waals surface area contributed by atoms with Crippen molar-refractivity contribution in [2.75, 3.05) is 27.4 Å². The van der Waals surface area contributed by atoms with Crippen molar-refractivity contribution in [3.8, 4) is 0 Å². The minimum absolute atomic E-state index is 0.143. The molecule has 0 spiro atoms. The number of H-pyrrole nitrogens is 1. The Morgan fingerprint density at radius 1 is 1.41 bits per heavy atom. The lowest BCUT2D eigenvalue weighted by atomic mass is 9.76. The number of ether oxygens (including phenoxy) is 2. The van der Waals surface area contributed by atoms with Gasteiger partial charge in [0.2, 0.25) is 5.91 Å². The standard InChI is InChI=1S/C21H30N4O4/c1-14-11-22-18(23-14)16-10-15(13-28-3)12-25(16)19(26)17(24-20(27)29-4)21(2)8-6-5-7-9-21/h5-8,11,15-17H,9-10,12-13H2,1-4H3,(H,22,23)(H,24,27)/t15-,16-,17-,21?/m0/s1. The van der Waals surface area contributed by atoms with E-state index in [1.807, 2.05) is 43.1 Å². The van der Waals surface area contributed by atoms with Gasteiger partial charge in [0, 0.05) is 36.9 Å². The molecule has 8 heteroatoms. The first-order chi connectivity index (χ1) is 13.9. The molecule has 3 rings (SSSR count). The SMILES string of the molecule is COC[C@H]1C[C@@H](c2ncc(C)[nH]2)N(C(=O)[C@H](NC(=O)OC)C2(C)C=CC=CC2)C1. The van der Waals surface area contributed by atoms with Gasteiger partial charge in [-0.3, -0.25) is 4.79 Å². The van der Waals surface area contributed by atoms with Gasteiger partial charge in [-0.2, -0.15) is 0 Å². The Labute approximate surface area is 171 Å². The highest BCUT2D eigenvalue weighted by Crippen LogP contribution is 2.38. The summed E-state index contributed by atoms with van der Waals surface area (Å²) < 4.78 is 10.1. The minimum Gasteiger partial charge on any atom is -0.453 e. The van der Waals surface area contributed by atoms with E-state index in [9.17, 15) is 9.59 Å². The molecular weight excluding hydrogens is 372 g/mol. The number of imidazole rings is 1. The normalized spacial score (nSPS) is 27.1. The van der Waals surface area contributed by atoms with Crippen LogP contribution in [0.5, 0.6) is 0 Å². The predicted molar refractivity (Wildman–Crippen MR) is 108 cm³/mol. The summed E-state index contributed by atoms with van der Waals surface area (Å²) >= 11 is 0. The third kappa shape index (κ3) is 4.53. The van der Waals surface area contributed by atoms with Crippen LogP contribution in [0.15, 0.2) is 30.5 Å². The van der Waals surface area contributed by atoms with Crippen molar-refractivity contribution in [1.82, 2.24) is 20.2 Å². The van der Waals surface area contributed by atoms with Gasteiger partial charge in [0.15, 0.2) is 0 Å². The van der Waals surface area contributed by atoms with Gasteiger partial charge >= 0.3 is 6.09 Å². The zero-order valence-corrected chi connectivity index (χ0v) is 17.5. The van der Waals surface area contributed by atoms with Crippen molar-refractivity contribution < 1.29 is 19.1 Å². The van der Waals surface area contributed by atoms with Crippen LogP contribution < -0.4 is 5.32 Å². The van der Waals surface area contributed by atoms with Crippen molar-refractivity contribution in [1.29, 1.82) is 0 Å². The van der Waals surface area contributed by atoms with Gasteiger partial charge in [0.05, 0.1) is 19.8 Å². The number of aromatic nitrogens is 2. The number of nitrogens with one attached hydrogen (secondary N) is 2. The van der Waals surface area contributed by atoms with Crippen LogP contribution >= 0.6 is 0 Å². The maximum atomic E-state index is 13.8. The second-order valence-electron chi connectivity index (χ2n) is 8.08. The molecule has 1 aliphatic heterocycles. The van der Waals surface area contributed by atoms with Crippen LogP contribution in [0.3, 0.4) is 0 Å². The summed E-state index contributed by atoms with van der Waals surface area (Å²) in [5, 5.41) is 2.78. The lowest BCUT2D eigenvalue weighted by molar-refractivity contribution is -0.137. The van der Waals surface area contributed by atoms with Crippen LogP contribution in [-0.4, -0.2) is 60.3 Å². The highest BCUT2D eigenvalue weighted by atomic mass is 16.5. The third-order valence-electron chi connectivity index (χ3n) is 5.75. The number of amides is 2. The van der Waals surface area contributed by atoms with Crippen LogP contribution in [0.25, 0.3) is 0 Å². The van der Waals surface area contributed by atoms with Crippen molar-refractivity contribution in [3.63, 3.8) is 0 Å². The topological polar surface area (TPSA) is 96.5 Å². The Hall–Kier alpha value is -2.61. The molecule has 0 bridgehead atoms. The van der Waals surface area contributed by atoms with E-state index in [-0.39, 0.29) is 17.9 Å². The highest BCUT2D eigenvalue weighted by molar-refractivity contribution is 5.87. The molecule has 1 aromatic heterocycles. The smallest absolute Gasteiger partial charge is 0.407 e. The first kappa shape index (κ1) is 21.1. The van der Waals surface area contributed by atoms with Gasteiger partial charge in [0.25, 0.3) is 0 Å². The Kier molecular flexibility index (Phi) is 6.42. The van der Waals surface area contributed by atoms with Gasteiger partial charge in [-0.1, -0.05) is 31.2 Å². The molecule has 1 unspecified atom stereocenters. The molecule has 1 saturated heterocycles. The quantitative estimate of drug-likeness (QED) is 0.762. The molecule has 1 fully saturated rings. The molecule has 8 nitrogen and oxygen atoms in total. The Morgan fingerprint density at radius 3 is 2.79 bits per heavy atom. The molecule has 29 heavy (non-hydrogen) atoms. The summed E-state index contributed by atoms with van der Waals surface area (Å²) in [7, 11) is 2.97. The molecule has 2 aliphatic rings. The van der Waals surface area contributed by atoms with Crippen molar-refractivity contribution >= 4 is 12.0 Å². The molecule has 2 N–H and O–H groups in total. The maximum absolute atomic E-state index is 13.8. The number of rotatable bonds is 6. The second-order valence-corrected chi connectivity index (χ2v) is 8.08. The Balaban J connectivity index is 1.91. The van der Waals surface area contributed by atoms with E-state index in [1.165, 1.54) is 7.11 Å². The largest absolute Gasteiger partial charge is 0.453 e. The predicted octanol–water partition coefficient (Wildman–Crippen LogP) is 2.50. The second kappa shape index (κ2) is 8.82. The maximum Gasteiger partial charge on any atom is 0.407 e. The van der Waals surface area contributed by atoms with E-state index in [4.69, 9.17) is 9.47 Å². The molecule has 4 atom stereocenters.